The fourth-order valence-electron chi connectivity index (χ4n) is 2.07. The SMILES string of the molecule is CCCNCc1cccc(OCCc2ccnn2C)c1. The van der Waals surface area contributed by atoms with Gasteiger partial charge in [-0.2, -0.15) is 5.10 Å². The Bertz CT molecular complexity index is 522. The van der Waals surface area contributed by atoms with Crippen molar-refractivity contribution in [2.24, 2.45) is 7.05 Å². The van der Waals surface area contributed by atoms with Gasteiger partial charge in [-0.05, 0) is 36.7 Å². The zero-order valence-electron chi connectivity index (χ0n) is 12.3. The third kappa shape index (κ3) is 4.38. The minimum atomic E-state index is 0.672. The van der Waals surface area contributed by atoms with E-state index in [1.807, 2.05) is 36.1 Å². The van der Waals surface area contributed by atoms with Crippen LogP contribution in [0.25, 0.3) is 0 Å². The van der Waals surface area contributed by atoms with Gasteiger partial charge in [-0.15, -0.1) is 0 Å². The molecule has 108 valence electrons. The fraction of sp³-hybridized carbons (Fsp3) is 0.438. The van der Waals surface area contributed by atoms with Crippen molar-refractivity contribution in [1.29, 1.82) is 0 Å². The van der Waals surface area contributed by atoms with E-state index in [1.165, 1.54) is 11.3 Å². The summed E-state index contributed by atoms with van der Waals surface area (Å²) in [6.45, 7) is 4.79. The Morgan fingerprint density at radius 3 is 2.95 bits per heavy atom. The molecular formula is C16H23N3O. The Kier molecular flexibility index (Phi) is 5.62. The Labute approximate surface area is 120 Å². The van der Waals surface area contributed by atoms with Gasteiger partial charge in [-0.3, -0.25) is 4.68 Å². The van der Waals surface area contributed by atoms with Crippen molar-refractivity contribution >= 4 is 0 Å². The maximum atomic E-state index is 5.81. The van der Waals surface area contributed by atoms with Crippen molar-refractivity contribution in [2.45, 2.75) is 26.3 Å². The smallest absolute Gasteiger partial charge is 0.119 e. The summed E-state index contributed by atoms with van der Waals surface area (Å²) >= 11 is 0. The number of benzene rings is 1. The normalized spacial score (nSPS) is 10.7. The quantitative estimate of drug-likeness (QED) is 0.751. The number of hydrogen-bond donors (Lipinski definition) is 1. The number of rotatable bonds is 8. The molecule has 0 saturated carbocycles. The van der Waals surface area contributed by atoms with Gasteiger partial charge in [0.2, 0.25) is 0 Å². The number of nitrogens with one attached hydrogen (secondary N) is 1. The molecule has 0 aliphatic carbocycles. The van der Waals surface area contributed by atoms with Crippen molar-refractivity contribution in [3.05, 3.63) is 47.8 Å². The molecular weight excluding hydrogens is 250 g/mol. The third-order valence-electron chi connectivity index (χ3n) is 3.20. The molecule has 1 aromatic carbocycles. The van der Waals surface area contributed by atoms with Gasteiger partial charge in [0.15, 0.2) is 0 Å². The molecule has 0 saturated heterocycles. The summed E-state index contributed by atoms with van der Waals surface area (Å²) in [4.78, 5) is 0. The average Bonchev–Trinajstić information content (AvgIpc) is 2.85. The summed E-state index contributed by atoms with van der Waals surface area (Å²) in [6.07, 6.45) is 3.84. The first-order chi connectivity index (χ1) is 9.79. The molecule has 0 bridgehead atoms. The Balaban J connectivity index is 1.80. The summed E-state index contributed by atoms with van der Waals surface area (Å²) in [6, 6.07) is 10.3. The highest BCUT2D eigenvalue weighted by Crippen LogP contribution is 2.13. The zero-order chi connectivity index (χ0) is 14.2. The number of nitrogens with zero attached hydrogens (tertiary/aromatic N) is 2. The number of hydrogen-bond acceptors (Lipinski definition) is 3. The lowest BCUT2D eigenvalue weighted by Crippen LogP contribution is -2.13. The summed E-state index contributed by atoms with van der Waals surface area (Å²) in [7, 11) is 1.95. The Morgan fingerprint density at radius 1 is 1.30 bits per heavy atom. The van der Waals surface area contributed by atoms with Crippen LogP contribution in [0, 0.1) is 0 Å². The molecule has 0 unspecified atom stereocenters. The molecule has 0 radical (unpaired) electrons. The monoisotopic (exact) mass is 273 g/mol. The minimum Gasteiger partial charge on any atom is -0.493 e. The second kappa shape index (κ2) is 7.70. The van der Waals surface area contributed by atoms with Gasteiger partial charge in [0.05, 0.1) is 6.61 Å². The van der Waals surface area contributed by atoms with E-state index >= 15 is 0 Å². The first kappa shape index (κ1) is 14.6. The van der Waals surface area contributed by atoms with Crippen LogP contribution < -0.4 is 10.1 Å². The standard InChI is InChI=1S/C16H23N3O/c1-3-9-17-13-14-5-4-6-16(12-14)20-11-8-15-7-10-18-19(15)2/h4-7,10,12,17H,3,8-9,11,13H2,1-2H3. The van der Waals surface area contributed by atoms with E-state index in [-0.39, 0.29) is 0 Å². The second-order valence-electron chi connectivity index (χ2n) is 4.87. The van der Waals surface area contributed by atoms with Gasteiger partial charge >= 0.3 is 0 Å². The number of aromatic nitrogens is 2. The van der Waals surface area contributed by atoms with Crippen LogP contribution in [-0.4, -0.2) is 22.9 Å². The van der Waals surface area contributed by atoms with Crippen LogP contribution in [0.4, 0.5) is 0 Å². The summed E-state index contributed by atoms with van der Waals surface area (Å²) in [5.41, 5.74) is 2.45. The number of aryl methyl sites for hydroxylation is 1. The number of ether oxygens (including phenoxy) is 1. The highest BCUT2D eigenvalue weighted by atomic mass is 16.5. The van der Waals surface area contributed by atoms with Crippen LogP contribution in [0.15, 0.2) is 36.5 Å². The maximum Gasteiger partial charge on any atom is 0.119 e. The molecule has 0 aliphatic rings. The van der Waals surface area contributed by atoms with E-state index in [0.717, 1.165) is 31.7 Å². The predicted octanol–water partition coefficient (Wildman–Crippen LogP) is 2.54. The maximum absolute atomic E-state index is 5.81. The van der Waals surface area contributed by atoms with Crippen molar-refractivity contribution < 1.29 is 4.74 Å². The van der Waals surface area contributed by atoms with Crippen LogP contribution >= 0.6 is 0 Å². The van der Waals surface area contributed by atoms with Crippen molar-refractivity contribution in [3.63, 3.8) is 0 Å². The molecule has 1 N–H and O–H groups in total. The van der Waals surface area contributed by atoms with Crippen LogP contribution in [-0.2, 0) is 20.0 Å². The first-order valence-electron chi connectivity index (χ1n) is 7.19. The van der Waals surface area contributed by atoms with E-state index in [2.05, 4.69) is 29.5 Å². The molecule has 1 aromatic heterocycles. The van der Waals surface area contributed by atoms with Crippen molar-refractivity contribution in [1.82, 2.24) is 15.1 Å². The van der Waals surface area contributed by atoms with E-state index in [4.69, 9.17) is 4.74 Å². The van der Waals surface area contributed by atoms with Gasteiger partial charge in [-0.1, -0.05) is 19.1 Å². The molecule has 4 nitrogen and oxygen atoms in total. The summed E-state index contributed by atoms with van der Waals surface area (Å²) in [5, 5.41) is 7.55. The van der Waals surface area contributed by atoms with Gasteiger partial charge in [0.1, 0.15) is 5.75 Å². The Hall–Kier alpha value is -1.81. The molecule has 2 aromatic rings. The van der Waals surface area contributed by atoms with Gasteiger partial charge < -0.3 is 10.1 Å². The average molecular weight is 273 g/mol. The van der Waals surface area contributed by atoms with Gasteiger partial charge in [0, 0.05) is 31.9 Å². The fourth-order valence-corrected chi connectivity index (χ4v) is 2.07. The van der Waals surface area contributed by atoms with E-state index in [9.17, 15) is 0 Å². The highest BCUT2D eigenvalue weighted by molar-refractivity contribution is 5.28. The zero-order valence-corrected chi connectivity index (χ0v) is 12.3. The summed E-state index contributed by atoms with van der Waals surface area (Å²) < 4.78 is 7.70. The highest BCUT2D eigenvalue weighted by Gasteiger charge is 2.00. The van der Waals surface area contributed by atoms with Gasteiger partial charge in [0.25, 0.3) is 0 Å². The molecule has 20 heavy (non-hydrogen) atoms. The molecule has 0 fully saturated rings. The van der Waals surface area contributed by atoms with Crippen molar-refractivity contribution in [2.75, 3.05) is 13.2 Å². The molecule has 0 spiro atoms. The molecule has 4 heteroatoms. The van der Waals surface area contributed by atoms with E-state index in [1.54, 1.807) is 0 Å². The lowest BCUT2D eigenvalue weighted by molar-refractivity contribution is 0.318. The Morgan fingerprint density at radius 2 is 2.20 bits per heavy atom. The minimum absolute atomic E-state index is 0.672. The largest absolute Gasteiger partial charge is 0.493 e. The predicted molar refractivity (Wildman–Crippen MR) is 80.8 cm³/mol. The summed E-state index contributed by atoms with van der Waals surface area (Å²) in [5.74, 6) is 0.933. The lowest BCUT2D eigenvalue weighted by atomic mass is 10.2. The van der Waals surface area contributed by atoms with Crippen LogP contribution in [0.3, 0.4) is 0 Å². The van der Waals surface area contributed by atoms with E-state index in [0.29, 0.717) is 6.61 Å². The van der Waals surface area contributed by atoms with Crippen LogP contribution in [0.2, 0.25) is 0 Å². The second-order valence-corrected chi connectivity index (χ2v) is 4.87. The molecule has 0 aliphatic heterocycles. The topological polar surface area (TPSA) is 39.1 Å². The van der Waals surface area contributed by atoms with Crippen LogP contribution in [0.5, 0.6) is 5.75 Å². The van der Waals surface area contributed by atoms with Crippen molar-refractivity contribution in [3.8, 4) is 5.75 Å². The molecule has 0 amide bonds. The molecule has 0 atom stereocenters. The lowest BCUT2D eigenvalue weighted by Gasteiger charge is -2.09. The third-order valence-corrected chi connectivity index (χ3v) is 3.20. The molecule has 1 heterocycles. The first-order valence-corrected chi connectivity index (χ1v) is 7.19. The van der Waals surface area contributed by atoms with Gasteiger partial charge in [-0.25, -0.2) is 0 Å². The molecule has 2 rings (SSSR count). The van der Waals surface area contributed by atoms with E-state index < -0.39 is 0 Å². The van der Waals surface area contributed by atoms with Crippen LogP contribution in [0.1, 0.15) is 24.6 Å².